The van der Waals surface area contributed by atoms with Crippen molar-refractivity contribution in [3.05, 3.63) is 33.6 Å². The Kier molecular flexibility index (Phi) is 5.85. The summed E-state index contributed by atoms with van der Waals surface area (Å²) in [5.74, 6) is -1.17. The van der Waals surface area contributed by atoms with Gasteiger partial charge in [-0.1, -0.05) is 30.1 Å². The van der Waals surface area contributed by atoms with Crippen molar-refractivity contribution >= 4 is 29.1 Å². The molecule has 1 atom stereocenters. The first-order chi connectivity index (χ1) is 8.49. The van der Waals surface area contributed by atoms with E-state index in [1.165, 1.54) is 6.07 Å². The van der Waals surface area contributed by atoms with E-state index in [-0.39, 0.29) is 28.3 Å². The van der Waals surface area contributed by atoms with Gasteiger partial charge in [0.2, 0.25) is 0 Å². The summed E-state index contributed by atoms with van der Waals surface area (Å²) >= 11 is 11.4. The van der Waals surface area contributed by atoms with Crippen LogP contribution in [0.3, 0.4) is 0 Å². The molecule has 0 aliphatic heterocycles. The normalized spacial score (nSPS) is 12.3. The first-order valence-corrected chi connectivity index (χ1v) is 6.31. The van der Waals surface area contributed by atoms with Gasteiger partial charge in [-0.05, 0) is 25.0 Å². The number of halogens is 3. The Balaban J connectivity index is 2.87. The van der Waals surface area contributed by atoms with Crippen molar-refractivity contribution in [2.24, 2.45) is 0 Å². The molecule has 0 saturated carbocycles. The van der Waals surface area contributed by atoms with Gasteiger partial charge in [-0.15, -0.1) is 0 Å². The summed E-state index contributed by atoms with van der Waals surface area (Å²) in [6.07, 6.45) is 1.11. The fourth-order valence-corrected chi connectivity index (χ4v) is 1.96. The van der Waals surface area contributed by atoms with Crippen molar-refractivity contribution in [1.29, 1.82) is 0 Å². The van der Waals surface area contributed by atoms with E-state index < -0.39 is 11.7 Å². The summed E-state index contributed by atoms with van der Waals surface area (Å²) in [6, 6.07) is 2.03. The molecule has 6 heteroatoms. The molecule has 0 fully saturated rings. The van der Waals surface area contributed by atoms with Gasteiger partial charge in [0.05, 0.1) is 15.6 Å². The molecule has 1 aromatic carbocycles. The molecule has 18 heavy (non-hydrogen) atoms. The topological polar surface area (TPSA) is 49.3 Å². The molecule has 1 amide bonds. The summed E-state index contributed by atoms with van der Waals surface area (Å²) in [5, 5.41) is 11.5. The second-order valence-electron chi connectivity index (χ2n) is 3.84. The maximum absolute atomic E-state index is 13.3. The van der Waals surface area contributed by atoms with Crippen LogP contribution in [-0.4, -0.2) is 23.7 Å². The molecule has 0 aromatic heterocycles. The minimum absolute atomic E-state index is 0.0263. The van der Waals surface area contributed by atoms with Gasteiger partial charge in [0.1, 0.15) is 5.82 Å². The molecule has 1 unspecified atom stereocenters. The molecule has 0 bridgehead atoms. The minimum atomic E-state index is -0.693. The number of hydrogen-bond acceptors (Lipinski definition) is 2. The molecular weight excluding hydrogens is 280 g/mol. The molecule has 2 N–H and O–H groups in total. The molecule has 100 valence electrons. The summed E-state index contributed by atoms with van der Waals surface area (Å²) < 4.78 is 13.3. The number of amides is 1. The molecule has 0 saturated heterocycles. The Morgan fingerprint density at radius 3 is 2.67 bits per heavy atom. The predicted octanol–water partition coefficient (Wildman–Crippen LogP) is 3.02. The fraction of sp³-hybridized carbons (Fsp3) is 0.417. The quantitative estimate of drug-likeness (QED) is 0.820. The highest BCUT2D eigenvalue weighted by Crippen LogP contribution is 2.24. The third-order valence-corrected chi connectivity index (χ3v) is 3.16. The SMILES string of the molecule is CCC(CCO)NC(=O)c1cc(F)c(Cl)cc1Cl. The zero-order valence-electron chi connectivity index (χ0n) is 9.84. The standard InChI is InChI=1S/C12H14Cl2FNO2/c1-2-7(3-4-17)16-12(18)8-5-11(15)10(14)6-9(8)13/h5-7,17H,2-4H2,1H3,(H,16,18). The molecule has 1 rings (SSSR count). The van der Waals surface area contributed by atoms with Gasteiger partial charge < -0.3 is 10.4 Å². The lowest BCUT2D eigenvalue weighted by Crippen LogP contribution is -2.35. The van der Waals surface area contributed by atoms with E-state index in [4.69, 9.17) is 28.3 Å². The molecule has 0 aliphatic rings. The van der Waals surface area contributed by atoms with E-state index in [1.807, 2.05) is 6.92 Å². The van der Waals surface area contributed by atoms with Crippen LogP contribution in [0.25, 0.3) is 0 Å². The number of nitrogens with one attached hydrogen (secondary N) is 1. The van der Waals surface area contributed by atoms with Crippen molar-refractivity contribution < 1.29 is 14.3 Å². The van der Waals surface area contributed by atoms with Crippen LogP contribution in [-0.2, 0) is 0 Å². The lowest BCUT2D eigenvalue weighted by molar-refractivity contribution is 0.0929. The van der Waals surface area contributed by atoms with Crippen LogP contribution in [0.5, 0.6) is 0 Å². The zero-order valence-corrected chi connectivity index (χ0v) is 11.4. The van der Waals surface area contributed by atoms with Crippen molar-refractivity contribution in [2.75, 3.05) is 6.61 Å². The van der Waals surface area contributed by atoms with Gasteiger partial charge >= 0.3 is 0 Å². The number of aliphatic hydroxyl groups is 1. The molecule has 0 radical (unpaired) electrons. The highest BCUT2D eigenvalue weighted by atomic mass is 35.5. The van der Waals surface area contributed by atoms with Crippen molar-refractivity contribution in [2.45, 2.75) is 25.8 Å². The number of hydrogen-bond donors (Lipinski definition) is 2. The van der Waals surface area contributed by atoms with Crippen LogP contribution in [0.2, 0.25) is 10.0 Å². The van der Waals surface area contributed by atoms with E-state index in [0.29, 0.717) is 12.8 Å². The molecular formula is C12H14Cl2FNO2. The highest BCUT2D eigenvalue weighted by Gasteiger charge is 2.16. The summed E-state index contributed by atoms with van der Waals surface area (Å²) in [6.45, 7) is 1.85. The number of benzene rings is 1. The van der Waals surface area contributed by atoms with Crippen LogP contribution in [0.1, 0.15) is 30.1 Å². The van der Waals surface area contributed by atoms with Gasteiger partial charge in [-0.25, -0.2) is 4.39 Å². The van der Waals surface area contributed by atoms with Crippen LogP contribution >= 0.6 is 23.2 Å². The second-order valence-corrected chi connectivity index (χ2v) is 4.65. The van der Waals surface area contributed by atoms with Gasteiger partial charge in [-0.2, -0.15) is 0 Å². The fourth-order valence-electron chi connectivity index (χ4n) is 1.49. The monoisotopic (exact) mass is 293 g/mol. The lowest BCUT2D eigenvalue weighted by atomic mass is 10.1. The van der Waals surface area contributed by atoms with Gasteiger partial charge in [0, 0.05) is 12.6 Å². The Bertz CT molecular complexity index is 440. The molecule has 0 spiro atoms. The van der Waals surface area contributed by atoms with E-state index in [1.54, 1.807) is 0 Å². The van der Waals surface area contributed by atoms with Gasteiger partial charge in [0.15, 0.2) is 0 Å². The molecule has 3 nitrogen and oxygen atoms in total. The van der Waals surface area contributed by atoms with E-state index in [9.17, 15) is 9.18 Å². The average molecular weight is 294 g/mol. The summed E-state index contributed by atoms with van der Waals surface area (Å²) in [5.41, 5.74) is 0.0370. The smallest absolute Gasteiger partial charge is 0.253 e. The zero-order chi connectivity index (χ0) is 13.7. The molecule has 1 aromatic rings. The Labute approximate surface area is 115 Å². The van der Waals surface area contributed by atoms with Crippen molar-refractivity contribution in [3.8, 4) is 0 Å². The van der Waals surface area contributed by atoms with Crippen LogP contribution in [0, 0.1) is 5.82 Å². The number of aliphatic hydroxyl groups excluding tert-OH is 1. The van der Waals surface area contributed by atoms with Crippen molar-refractivity contribution in [1.82, 2.24) is 5.32 Å². The number of carbonyl (C=O) groups is 1. The Hall–Kier alpha value is -0.840. The van der Waals surface area contributed by atoms with E-state index in [0.717, 1.165) is 6.07 Å². The maximum atomic E-state index is 13.3. The Morgan fingerprint density at radius 2 is 2.11 bits per heavy atom. The largest absolute Gasteiger partial charge is 0.396 e. The Morgan fingerprint density at radius 1 is 1.44 bits per heavy atom. The third kappa shape index (κ3) is 3.83. The number of carbonyl (C=O) groups excluding carboxylic acids is 1. The first kappa shape index (κ1) is 15.2. The second kappa shape index (κ2) is 6.92. The first-order valence-electron chi connectivity index (χ1n) is 5.55. The summed E-state index contributed by atoms with van der Waals surface area (Å²) in [4.78, 5) is 11.9. The van der Waals surface area contributed by atoms with Crippen LogP contribution < -0.4 is 5.32 Å². The summed E-state index contributed by atoms with van der Waals surface area (Å²) in [7, 11) is 0. The third-order valence-electron chi connectivity index (χ3n) is 2.56. The van der Waals surface area contributed by atoms with Crippen molar-refractivity contribution in [3.63, 3.8) is 0 Å². The van der Waals surface area contributed by atoms with Gasteiger partial charge in [0.25, 0.3) is 5.91 Å². The van der Waals surface area contributed by atoms with Crippen LogP contribution in [0.4, 0.5) is 4.39 Å². The van der Waals surface area contributed by atoms with Crippen LogP contribution in [0.15, 0.2) is 12.1 Å². The highest BCUT2D eigenvalue weighted by molar-refractivity contribution is 6.36. The number of rotatable bonds is 5. The van der Waals surface area contributed by atoms with Gasteiger partial charge in [-0.3, -0.25) is 4.79 Å². The molecule has 0 aliphatic carbocycles. The maximum Gasteiger partial charge on any atom is 0.253 e. The molecule has 0 heterocycles. The van der Waals surface area contributed by atoms with E-state index in [2.05, 4.69) is 5.32 Å². The predicted molar refractivity (Wildman–Crippen MR) is 69.7 cm³/mol. The minimum Gasteiger partial charge on any atom is -0.396 e. The average Bonchev–Trinajstić information content (AvgIpc) is 2.33. The lowest BCUT2D eigenvalue weighted by Gasteiger charge is -2.16. The van der Waals surface area contributed by atoms with E-state index >= 15 is 0 Å².